The lowest BCUT2D eigenvalue weighted by molar-refractivity contribution is 0.0493. The Hall–Kier alpha value is -0.450. The van der Waals surface area contributed by atoms with Gasteiger partial charge in [0.05, 0.1) is 10.7 Å². The molecule has 1 atom stereocenters. The fourth-order valence-corrected chi connectivity index (χ4v) is 4.40. The number of rotatable bonds is 2. The van der Waals surface area contributed by atoms with Gasteiger partial charge in [-0.15, -0.1) is 11.3 Å². The molecular formula is C13H20N2OS. The summed E-state index contributed by atoms with van der Waals surface area (Å²) >= 11 is 1.89. The topological polar surface area (TPSA) is 48.1 Å². The van der Waals surface area contributed by atoms with Crippen LogP contribution in [-0.2, 0) is 23.0 Å². The zero-order chi connectivity index (χ0) is 11.9. The Kier molecular flexibility index (Phi) is 2.97. The summed E-state index contributed by atoms with van der Waals surface area (Å²) in [5.41, 5.74) is 7.60. The molecule has 0 amide bonds. The van der Waals surface area contributed by atoms with E-state index < -0.39 is 0 Å². The third-order valence-electron chi connectivity index (χ3n) is 4.02. The monoisotopic (exact) mass is 252 g/mol. The number of fused-ring (bicyclic) bond motifs is 2. The highest BCUT2D eigenvalue weighted by Crippen LogP contribution is 2.47. The van der Waals surface area contributed by atoms with Crippen LogP contribution < -0.4 is 5.73 Å². The van der Waals surface area contributed by atoms with Crippen LogP contribution in [0.4, 0.5) is 0 Å². The molecular weight excluding hydrogens is 232 g/mol. The van der Waals surface area contributed by atoms with Crippen LogP contribution in [0.3, 0.4) is 0 Å². The second-order valence-corrected chi connectivity index (χ2v) is 6.62. The summed E-state index contributed by atoms with van der Waals surface area (Å²) < 4.78 is 5.50. The highest BCUT2D eigenvalue weighted by atomic mass is 32.1. The molecule has 4 heteroatoms. The largest absolute Gasteiger partial charge is 0.381 e. The Morgan fingerprint density at radius 1 is 1.41 bits per heavy atom. The van der Waals surface area contributed by atoms with Crippen molar-refractivity contribution in [2.24, 2.45) is 5.73 Å². The van der Waals surface area contributed by atoms with Crippen molar-refractivity contribution in [1.82, 2.24) is 4.98 Å². The van der Waals surface area contributed by atoms with E-state index in [1.54, 1.807) is 0 Å². The molecule has 2 heterocycles. The van der Waals surface area contributed by atoms with Gasteiger partial charge in [0.2, 0.25) is 0 Å². The minimum Gasteiger partial charge on any atom is -0.381 e. The van der Waals surface area contributed by atoms with Crippen molar-refractivity contribution in [3.05, 3.63) is 15.6 Å². The van der Waals surface area contributed by atoms with E-state index >= 15 is 0 Å². The van der Waals surface area contributed by atoms with Gasteiger partial charge < -0.3 is 10.5 Å². The average Bonchev–Trinajstić information content (AvgIpc) is 2.82. The molecule has 2 N–H and O–H groups in total. The van der Waals surface area contributed by atoms with Crippen LogP contribution in [0.5, 0.6) is 0 Å². The van der Waals surface area contributed by atoms with E-state index in [9.17, 15) is 0 Å². The molecule has 17 heavy (non-hydrogen) atoms. The molecule has 3 nitrogen and oxygen atoms in total. The summed E-state index contributed by atoms with van der Waals surface area (Å²) in [4.78, 5) is 6.41. The molecule has 1 aromatic heterocycles. The van der Waals surface area contributed by atoms with E-state index in [0.29, 0.717) is 5.41 Å². The highest BCUT2D eigenvalue weighted by molar-refractivity contribution is 7.11. The van der Waals surface area contributed by atoms with Crippen molar-refractivity contribution in [2.45, 2.75) is 50.5 Å². The van der Waals surface area contributed by atoms with Crippen molar-refractivity contribution in [1.29, 1.82) is 0 Å². The number of ether oxygens (including phenoxy) is 1. The maximum absolute atomic E-state index is 5.86. The number of nitrogens with two attached hydrogens (primary N) is 1. The van der Waals surface area contributed by atoms with Gasteiger partial charge in [-0.1, -0.05) is 0 Å². The quantitative estimate of drug-likeness (QED) is 0.876. The summed E-state index contributed by atoms with van der Waals surface area (Å²) in [7, 11) is 0. The average molecular weight is 252 g/mol. The first-order valence-electron chi connectivity index (χ1n) is 6.52. The van der Waals surface area contributed by atoms with Crippen LogP contribution in [0.25, 0.3) is 0 Å². The molecule has 1 saturated heterocycles. The van der Waals surface area contributed by atoms with Gasteiger partial charge in [-0.25, -0.2) is 4.98 Å². The Balaban J connectivity index is 1.88. The molecule has 1 aliphatic heterocycles. The van der Waals surface area contributed by atoms with Crippen LogP contribution in [0.15, 0.2) is 0 Å². The van der Waals surface area contributed by atoms with Crippen LogP contribution >= 0.6 is 11.3 Å². The van der Waals surface area contributed by atoms with Crippen LogP contribution in [0.1, 0.15) is 41.8 Å². The standard InChI is InChI=1S/C13H20N2OS/c1-9(14)8-11-15-12-10(17-11)2-3-13(12)4-6-16-7-5-13/h9H,2-8,14H2,1H3. The van der Waals surface area contributed by atoms with E-state index in [-0.39, 0.29) is 6.04 Å². The molecule has 1 unspecified atom stereocenters. The van der Waals surface area contributed by atoms with E-state index in [1.807, 2.05) is 11.3 Å². The first kappa shape index (κ1) is 11.6. The first-order valence-corrected chi connectivity index (χ1v) is 7.34. The van der Waals surface area contributed by atoms with Gasteiger partial charge in [-0.3, -0.25) is 0 Å². The molecule has 1 fully saturated rings. The normalized spacial score (nSPS) is 23.9. The number of aryl methyl sites for hydroxylation is 1. The fraction of sp³-hybridized carbons (Fsp3) is 0.769. The lowest BCUT2D eigenvalue weighted by Gasteiger charge is -2.32. The van der Waals surface area contributed by atoms with Crippen LogP contribution in [-0.4, -0.2) is 24.2 Å². The molecule has 0 saturated carbocycles. The molecule has 0 bridgehead atoms. The van der Waals surface area contributed by atoms with Crippen molar-refractivity contribution in [2.75, 3.05) is 13.2 Å². The Morgan fingerprint density at radius 2 is 2.18 bits per heavy atom. The zero-order valence-electron chi connectivity index (χ0n) is 10.4. The fourth-order valence-electron chi connectivity index (χ4n) is 3.07. The predicted molar refractivity (Wildman–Crippen MR) is 69.5 cm³/mol. The third kappa shape index (κ3) is 2.02. The Morgan fingerprint density at radius 3 is 2.88 bits per heavy atom. The lowest BCUT2D eigenvalue weighted by Crippen LogP contribution is -2.32. The summed E-state index contributed by atoms with van der Waals surface area (Å²) in [5.74, 6) is 0. The Bertz CT molecular complexity index is 408. The molecule has 1 aromatic rings. The number of hydrogen-bond acceptors (Lipinski definition) is 4. The molecule has 1 spiro atoms. The Labute approximate surface area is 106 Å². The SMILES string of the molecule is CC(N)Cc1nc2c(s1)CCC21CCOCC1. The van der Waals surface area contributed by atoms with Gasteiger partial charge in [0.25, 0.3) is 0 Å². The van der Waals surface area contributed by atoms with Gasteiger partial charge in [-0.05, 0) is 32.6 Å². The summed E-state index contributed by atoms with van der Waals surface area (Å²) in [6, 6.07) is 0.215. The van der Waals surface area contributed by atoms with E-state index in [2.05, 4.69) is 6.92 Å². The highest BCUT2D eigenvalue weighted by Gasteiger charge is 2.42. The minimum absolute atomic E-state index is 0.215. The molecule has 3 rings (SSSR count). The van der Waals surface area contributed by atoms with Crippen molar-refractivity contribution in [3.63, 3.8) is 0 Å². The maximum Gasteiger partial charge on any atom is 0.0946 e. The summed E-state index contributed by atoms with van der Waals surface area (Å²) in [6.07, 6.45) is 5.72. The van der Waals surface area contributed by atoms with Crippen molar-refractivity contribution < 1.29 is 4.74 Å². The van der Waals surface area contributed by atoms with E-state index in [0.717, 1.165) is 32.5 Å². The number of hydrogen-bond donors (Lipinski definition) is 1. The second-order valence-electron chi connectivity index (χ2n) is 5.45. The number of thiazole rings is 1. The van der Waals surface area contributed by atoms with Gasteiger partial charge in [0.15, 0.2) is 0 Å². The lowest BCUT2D eigenvalue weighted by atomic mass is 9.78. The third-order valence-corrected chi connectivity index (χ3v) is 5.16. The van der Waals surface area contributed by atoms with Crippen LogP contribution in [0.2, 0.25) is 0 Å². The van der Waals surface area contributed by atoms with Crippen molar-refractivity contribution in [3.8, 4) is 0 Å². The minimum atomic E-state index is 0.215. The van der Waals surface area contributed by atoms with Gasteiger partial charge in [-0.2, -0.15) is 0 Å². The molecule has 0 aromatic carbocycles. The van der Waals surface area contributed by atoms with E-state index in [1.165, 1.54) is 28.4 Å². The van der Waals surface area contributed by atoms with Gasteiger partial charge in [0.1, 0.15) is 0 Å². The predicted octanol–water partition coefficient (Wildman–Crippen LogP) is 2.03. The second kappa shape index (κ2) is 4.34. The first-order chi connectivity index (χ1) is 8.20. The maximum atomic E-state index is 5.86. The van der Waals surface area contributed by atoms with Gasteiger partial charge >= 0.3 is 0 Å². The molecule has 2 aliphatic rings. The van der Waals surface area contributed by atoms with Crippen LogP contribution in [0, 0.1) is 0 Å². The molecule has 1 aliphatic carbocycles. The van der Waals surface area contributed by atoms with Gasteiger partial charge in [0, 0.05) is 36.0 Å². The van der Waals surface area contributed by atoms with Crippen molar-refractivity contribution >= 4 is 11.3 Å². The molecule has 94 valence electrons. The summed E-state index contributed by atoms with van der Waals surface area (Å²) in [6.45, 7) is 3.86. The molecule has 0 radical (unpaired) electrons. The number of nitrogens with zero attached hydrogens (tertiary/aromatic N) is 1. The van der Waals surface area contributed by atoms with E-state index in [4.69, 9.17) is 15.5 Å². The number of aromatic nitrogens is 1. The summed E-state index contributed by atoms with van der Waals surface area (Å²) in [5, 5.41) is 1.23. The zero-order valence-corrected chi connectivity index (χ0v) is 11.2. The smallest absolute Gasteiger partial charge is 0.0946 e.